The fourth-order valence-corrected chi connectivity index (χ4v) is 2.19. The van der Waals surface area contributed by atoms with E-state index in [9.17, 15) is 14.4 Å². The summed E-state index contributed by atoms with van der Waals surface area (Å²) in [6.45, 7) is 0. The monoisotopic (exact) mass is 299 g/mol. The largest absolute Gasteiger partial charge is 0.453 e. The first kappa shape index (κ1) is 13.9. The van der Waals surface area contributed by atoms with Crippen LogP contribution in [0, 0.1) is 0 Å². The van der Waals surface area contributed by atoms with Crippen LogP contribution in [-0.4, -0.2) is 20.2 Å². The van der Waals surface area contributed by atoms with E-state index in [0.717, 1.165) is 10.1 Å². The molecule has 0 saturated carbocycles. The quantitative estimate of drug-likeness (QED) is 0.674. The zero-order valence-electron chi connectivity index (χ0n) is 12.0. The van der Waals surface area contributed by atoms with Gasteiger partial charge in [-0.1, -0.05) is 0 Å². The first-order valence-electron chi connectivity index (χ1n) is 6.54. The Kier molecular flexibility index (Phi) is 3.17. The van der Waals surface area contributed by atoms with Crippen LogP contribution in [0.2, 0.25) is 0 Å². The number of nitrogens with zero attached hydrogens (tertiary/aromatic N) is 3. The van der Waals surface area contributed by atoms with Crippen LogP contribution < -0.4 is 11.4 Å². The smallest absolute Gasteiger partial charge is 0.351 e. The molecule has 0 fully saturated rings. The number of hydrogen-bond donors (Lipinski definition) is 0. The van der Waals surface area contributed by atoms with Crippen molar-refractivity contribution < 1.29 is 9.21 Å². The molecule has 2 aromatic heterocycles. The van der Waals surface area contributed by atoms with E-state index < -0.39 is 11.4 Å². The highest BCUT2D eigenvalue weighted by molar-refractivity contribution is 5.72. The standard InChI is InChI=1S/C15H13N3O4/c1-16-14(20)18(15(21)17(16)2)11-5-3-10(4-6-11)13-8-7-12(9-19)22-13/h3-9H,1-2H3. The first-order chi connectivity index (χ1) is 10.5. The number of benzene rings is 1. The Morgan fingerprint density at radius 2 is 1.50 bits per heavy atom. The van der Waals surface area contributed by atoms with Crippen molar-refractivity contribution in [3.63, 3.8) is 0 Å². The minimum Gasteiger partial charge on any atom is -0.453 e. The number of carbonyl (C=O) groups is 1. The summed E-state index contributed by atoms with van der Waals surface area (Å²) in [7, 11) is 3.05. The van der Waals surface area contributed by atoms with E-state index in [1.165, 1.54) is 23.5 Å². The third kappa shape index (κ3) is 2.03. The Morgan fingerprint density at radius 3 is 2.00 bits per heavy atom. The van der Waals surface area contributed by atoms with Gasteiger partial charge in [-0.2, -0.15) is 0 Å². The van der Waals surface area contributed by atoms with Crippen LogP contribution in [0.4, 0.5) is 0 Å². The second kappa shape index (κ2) is 5.03. The number of aromatic nitrogens is 3. The molecule has 1 aromatic carbocycles. The molecule has 3 aromatic rings. The maximum absolute atomic E-state index is 12.1. The van der Waals surface area contributed by atoms with Crippen molar-refractivity contribution >= 4 is 6.29 Å². The van der Waals surface area contributed by atoms with E-state index in [4.69, 9.17) is 4.42 Å². The highest BCUT2D eigenvalue weighted by Gasteiger charge is 2.12. The number of aldehydes is 1. The first-order valence-corrected chi connectivity index (χ1v) is 6.54. The van der Waals surface area contributed by atoms with Crippen molar-refractivity contribution in [2.45, 2.75) is 0 Å². The van der Waals surface area contributed by atoms with E-state index in [0.29, 0.717) is 17.7 Å². The molecular weight excluding hydrogens is 286 g/mol. The van der Waals surface area contributed by atoms with Crippen molar-refractivity contribution in [2.75, 3.05) is 0 Å². The van der Waals surface area contributed by atoms with Crippen LogP contribution in [0.5, 0.6) is 0 Å². The van der Waals surface area contributed by atoms with Crippen molar-refractivity contribution in [3.8, 4) is 17.0 Å². The Labute approximate surface area is 124 Å². The molecule has 0 aliphatic heterocycles. The minimum absolute atomic E-state index is 0.243. The zero-order chi connectivity index (χ0) is 15.9. The molecule has 0 bridgehead atoms. The highest BCUT2D eigenvalue weighted by Crippen LogP contribution is 2.22. The van der Waals surface area contributed by atoms with E-state index >= 15 is 0 Å². The van der Waals surface area contributed by atoms with Gasteiger partial charge < -0.3 is 4.42 Å². The SMILES string of the molecule is Cn1c(=O)n(-c2ccc(-c3ccc(C=O)o3)cc2)c(=O)n1C. The fourth-order valence-electron chi connectivity index (χ4n) is 2.19. The molecule has 0 atom stereocenters. The predicted octanol–water partition coefficient (Wildman–Crippen LogP) is 0.947. The molecule has 2 heterocycles. The van der Waals surface area contributed by atoms with Gasteiger partial charge in [0.25, 0.3) is 0 Å². The van der Waals surface area contributed by atoms with E-state index in [1.807, 2.05) is 0 Å². The average Bonchev–Trinajstić information content (AvgIpc) is 3.09. The predicted molar refractivity (Wildman–Crippen MR) is 79.3 cm³/mol. The second-order valence-corrected chi connectivity index (χ2v) is 4.81. The van der Waals surface area contributed by atoms with E-state index in [2.05, 4.69) is 0 Å². The summed E-state index contributed by atoms with van der Waals surface area (Å²) in [5.41, 5.74) is 0.387. The molecule has 0 aliphatic carbocycles. The Hall–Kier alpha value is -3.09. The highest BCUT2D eigenvalue weighted by atomic mass is 16.3. The molecular formula is C15H13N3O4. The van der Waals surface area contributed by atoms with Gasteiger partial charge in [-0.15, -0.1) is 0 Å². The summed E-state index contributed by atoms with van der Waals surface area (Å²) in [6, 6.07) is 10.0. The van der Waals surface area contributed by atoms with Crippen molar-refractivity contribution in [1.82, 2.24) is 13.9 Å². The molecule has 0 radical (unpaired) electrons. The lowest BCUT2D eigenvalue weighted by Crippen LogP contribution is -2.26. The number of carbonyl (C=O) groups excluding carboxylic acids is 1. The van der Waals surface area contributed by atoms with Gasteiger partial charge in [0.2, 0.25) is 0 Å². The molecule has 0 amide bonds. The molecule has 112 valence electrons. The van der Waals surface area contributed by atoms with Crippen LogP contribution in [0.3, 0.4) is 0 Å². The van der Waals surface area contributed by atoms with Crippen molar-refractivity contribution in [2.24, 2.45) is 14.1 Å². The Morgan fingerprint density at radius 1 is 0.909 bits per heavy atom. The summed E-state index contributed by atoms with van der Waals surface area (Å²) in [5.74, 6) is 0.786. The Bertz CT molecular complexity index is 921. The van der Waals surface area contributed by atoms with Gasteiger partial charge in [0.1, 0.15) is 5.76 Å². The normalized spacial score (nSPS) is 10.8. The molecule has 0 N–H and O–H groups in total. The molecule has 3 rings (SSSR count). The summed E-state index contributed by atoms with van der Waals surface area (Å²) in [5, 5.41) is 0. The number of furan rings is 1. The fraction of sp³-hybridized carbons (Fsp3) is 0.133. The lowest BCUT2D eigenvalue weighted by molar-refractivity contribution is 0.110. The van der Waals surface area contributed by atoms with Gasteiger partial charge >= 0.3 is 11.4 Å². The molecule has 0 unspecified atom stereocenters. The van der Waals surface area contributed by atoms with Gasteiger partial charge in [-0.05, 0) is 36.4 Å². The summed E-state index contributed by atoms with van der Waals surface area (Å²) in [6.07, 6.45) is 0.630. The maximum Gasteiger partial charge on any atom is 0.351 e. The van der Waals surface area contributed by atoms with Gasteiger partial charge in [0.05, 0.1) is 5.69 Å². The van der Waals surface area contributed by atoms with Crippen molar-refractivity contribution in [1.29, 1.82) is 0 Å². The van der Waals surface area contributed by atoms with Crippen LogP contribution >= 0.6 is 0 Å². The number of hydrogen-bond acceptors (Lipinski definition) is 4. The molecule has 7 heteroatoms. The average molecular weight is 299 g/mol. The summed E-state index contributed by atoms with van der Waals surface area (Å²) < 4.78 is 8.89. The van der Waals surface area contributed by atoms with Crippen LogP contribution in [0.1, 0.15) is 10.6 Å². The third-order valence-electron chi connectivity index (χ3n) is 3.54. The zero-order valence-corrected chi connectivity index (χ0v) is 12.0. The third-order valence-corrected chi connectivity index (χ3v) is 3.54. The van der Waals surface area contributed by atoms with Gasteiger partial charge in [0.15, 0.2) is 12.0 Å². The van der Waals surface area contributed by atoms with Gasteiger partial charge in [-0.25, -0.2) is 23.5 Å². The van der Waals surface area contributed by atoms with Crippen LogP contribution in [0.25, 0.3) is 17.0 Å². The molecule has 0 saturated heterocycles. The van der Waals surface area contributed by atoms with Gasteiger partial charge in [-0.3, -0.25) is 4.79 Å². The maximum atomic E-state index is 12.1. The minimum atomic E-state index is -0.415. The second-order valence-electron chi connectivity index (χ2n) is 4.81. The molecule has 0 spiro atoms. The summed E-state index contributed by atoms with van der Waals surface area (Å²) in [4.78, 5) is 34.7. The Balaban J connectivity index is 2.05. The lowest BCUT2D eigenvalue weighted by atomic mass is 10.1. The van der Waals surface area contributed by atoms with Gasteiger partial charge in [0, 0.05) is 19.7 Å². The topological polar surface area (TPSA) is 79.1 Å². The van der Waals surface area contributed by atoms with E-state index in [-0.39, 0.29) is 5.76 Å². The molecule has 0 aliphatic rings. The van der Waals surface area contributed by atoms with Crippen LogP contribution in [-0.2, 0) is 14.1 Å². The molecule has 7 nitrogen and oxygen atoms in total. The van der Waals surface area contributed by atoms with Crippen LogP contribution in [0.15, 0.2) is 50.4 Å². The van der Waals surface area contributed by atoms with E-state index in [1.54, 1.807) is 36.4 Å². The lowest BCUT2D eigenvalue weighted by Gasteiger charge is -2.01. The molecule has 22 heavy (non-hydrogen) atoms. The number of rotatable bonds is 3. The summed E-state index contributed by atoms with van der Waals surface area (Å²) >= 11 is 0. The van der Waals surface area contributed by atoms with Crippen molar-refractivity contribution in [3.05, 3.63) is 63.1 Å².